The molecule has 3 aromatic rings. The minimum atomic E-state index is -0.333. The Morgan fingerprint density at radius 3 is 2.77 bits per heavy atom. The van der Waals surface area contributed by atoms with Crippen molar-refractivity contribution in [2.24, 2.45) is 7.05 Å². The van der Waals surface area contributed by atoms with Gasteiger partial charge < -0.3 is 15.2 Å². The van der Waals surface area contributed by atoms with Crippen molar-refractivity contribution in [3.8, 4) is 0 Å². The molecule has 2 heterocycles. The van der Waals surface area contributed by atoms with Gasteiger partial charge in [0.05, 0.1) is 16.6 Å². The van der Waals surface area contributed by atoms with Gasteiger partial charge in [-0.2, -0.15) is 0 Å². The van der Waals surface area contributed by atoms with Crippen LogP contribution in [0.5, 0.6) is 0 Å². The van der Waals surface area contributed by atoms with Gasteiger partial charge >= 0.3 is 0 Å². The maximum Gasteiger partial charge on any atom is 0.266 e. The average molecular weight is 370 g/mol. The van der Waals surface area contributed by atoms with E-state index in [-0.39, 0.29) is 17.4 Å². The fourth-order valence-electron chi connectivity index (χ4n) is 2.61. The van der Waals surface area contributed by atoms with Gasteiger partial charge in [-0.15, -0.1) is 11.3 Å². The summed E-state index contributed by atoms with van der Waals surface area (Å²) >= 11 is 1.18. The number of carbonyl (C=O) groups excluding carboxylic acids is 2. The van der Waals surface area contributed by atoms with Gasteiger partial charge in [0.2, 0.25) is 0 Å². The fourth-order valence-corrected chi connectivity index (χ4v) is 3.65. The molecule has 0 saturated carbocycles. The highest BCUT2D eigenvalue weighted by Crippen LogP contribution is 2.27. The Bertz CT molecular complexity index is 1070. The SMILES string of the molecule is CCNC(=O)c1cccc(NC(=O)c2sc3ncn(C)c(=O)c3c2C)c1. The molecular weight excluding hydrogens is 352 g/mol. The second kappa shape index (κ2) is 7.09. The molecule has 0 bridgehead atoms. The van der Waals surface area contributed by atoms with E-state index in [9.17, 15) is 14.4 Å². The first-order valence-corrected chi connectivity index (χ1v) is 8.88. The summed E-state index contributed by atoms with van der Waals surface area (Å²) in [6, 6.07) is 6.71. The number of aryl methyl sites for hydroxylation is 2. The Morgan fingerprint density at radius 1 is 1.27 bits per heavy atom. The largest absolute Gasteiger partial charge is 0.352 e. The number of benzene rings is 1. The summed E-state index contributed by atoms with van der Waals surface area (Å²) in [4.78, 5) is 42.1. The molecule has 0 aliphatic rings. The van der Waals surface area contributed by atoms with Gasteiger partial charge in [-0.05, 0) is 37.6 Å². The molecule has 8 heteroatoms. The summed E-state index contributed by atoms with van der Waals surface area (Å²) in [5.41, 5.74) is 1.40. The lowest BCUT2D eigenvalue weighted by Gasteiger charge is -2.07. The Kier molecular flexibility index (Phi) is 4.85. The van der Waals surface area contributed by atoms with E-state index in [0.717, 1.165) is 0 Å². The predicted octanol–water partition coefficient (Wildman–Crippen LogP) is 2.31. The highest BCUT2D eigenvalue weighted by Gasteiger charge is 2.19. The normalized spacial score (nSPS) is 10.7. The number of carbonyl (C=O) groups is 2. The number of aromatic nitrogens is 2. The minimum absolute atomic E-state index is 0.180. The number of hydrogen-bond donors (Lipinski definition) is 2. The molecule has 26 heavy (non-hydrogen) atoms. The molecule has 1 aromatic carbocycles. The lowest BCUT2D eigenvalue weighted by molar-refractivity contribution is 0.0954. The standard InChI is InChI=1S/C18H18N4O3S/c1-4-19-15(23)11-6-5-7-12(8-11)21-16(24)14-10(2)13-17(26-14)20-9-22(3)18(13)25/h5-9H,4H2,1-3H3,(H,19,23)(H,21,24). The second-order valence-electron chi connectivity index (χ2n) is 5.79. The molecule has 2 amide bonds. The van der Waals surface area contributed by atoms with Crippen LogP contribution >= 0.6 is 11.3 Å². The number of anilines is 1. The molecule has 2 N–H and O–H groups in total. The van der Waals surface area contributed by atoms with Crippen LogP contribution in [0.15, 0.2) is 35.4 Å². The van der Waals surface area contributed by atoms with Crippen LogP contribution in [0.3, 0.4) is 0 Å². The van der Waals surface area contributed by atoms with E-state index in [0.29, 0.717) is 38.5 Å². The quantitative estimate of drug-likeness (QED) is 0.737. The third-order valence-electron chi connectivity index (χ3n) is 3.94. The van der Waals surface area contributed by atoms with Gasteiger partial charge in [-0.1, -0.05) is 6.07 Å². The topological polar surface area (TPSA) is 93.1 Å². The van der Waals surface area contributed by atoms with Crippen LogP contribution in [0.2, 0.25) is 0 Å². The molecule has 2 aromatic heterocycles. The van der Waals surface area contributed by atoms with Crippen molar-refractivity contribution in [1.29, 1.82) is 0 Å². The van der Waals surface area contributed by atoms with Crippen molar-refractivity contribution in [3.05, 3.63) is 57.0 Å². The molecule has 0 aliphatic heterocycles. The predicted molar refractivity (Wildman–Crippen MR) is 102 cm³/mol. The molecular formula is C18H18N4O3S. The Balaban J connectivity index is 1.92. The molecule has 0 saturated heterocycles. The highest BCUT2D eigenvalue weighted by molar-refractivity contribution is 7.20. The minimum Gasteiger partial charge on any atom is -0.352 e. The molecule has 134 valence electrons. The summed E-state index contributed by atoms with van der Waals surface area (Å²) in [5.74, 6) is -0.532. The van der Waals surface area contributed by atoms with Crippen molar-refractivity contribution >= 4 is 39.1 Å². The highest BCUT2D eigenvalue weighted by atomic mass is 32.1. The molecule has 0 fully saturated rings. The monoisotopic (exact) mass is 370 g/mol. The van der Waals surface area contributed by atoms with Crippen LogP contribution in [0.4, 0.5) is 5.69 Å². The number of nitrogens with zero attached hydrogens (tertiary/aromatic N) is 2. The number of rotatable bonds is 4. The smallest absolute Gasteiger partial charge is 0.266 e. The molecule has 0 spiro atoms. The molecule has 7 nitrogen and oxygen atoms in total. The van der Waals surface area contributed by atoms with Crippen LogP contribution in [0.1, 0.15) is 32.5 Å². The maximum atomic E-state index is 12.7. The van der Waals surface area contributed by atoms with E-state index in [1.54, 1.807) is 38.2 Å². The third kappa shape index (κ3) is 3.23. The first kappa shape index (κ1) is 17.8. The Labute approximate surface area is 153 Å². The number of amides is 2. The summed E-state index contributed by atoms with van der Waals surface area (Å²) in [6.45, 7) is 4.10. The second-order valence-corrected chi connectivity index (χ2v) is 6.79. The van der Waals surface area contributed by atoms with Crippen molar-refractivity contribution in [3.63, 3.8) is 0 Å². The van der Waals surface area contributed by atoms with Crippen molar-refractivity contribution < 1.29 is 9.59 Å². The molecule has 0 atom stereocenters. The van der Waals surface area contributed by atoms with E-state index < -0.39 is 0 Å². The van der Waals surface area contributed by atoms with Crippen LogP contribution in [0, 0.1) is 6.92 Å². The Hall–Kier alpha value is -3.00. The van der Waals surface area contributed by atoms with E-state index in [1.165, 1.54) is 22.2 Å². The van der Waals surface area contributed by atoms with Crippen molar-refractivity contribution in [2.45, 2.75) is 13.8 Å². The van der Waals surface area contributed by atoms with Crippen LogP contribution in [-0.2, 0) is 7.05 Å². The van der Waals surface area contributed by atoms with Crippen LogP contribution in [0.25, 0.3) is 10.2 Å². The first-order chi connectivity index (χ1) is 12.4. The Morgan fingerprint density at radius 2 is 2.04 bits per heavy atom. The lowest BCUT2D eigenvalue weighted by Crippen LogP contribution is -2.22. The maximum absolute atomic E-state index is 12.7. The number of nitrogens with one attached hydrogen (secondary N) is 2. The fraction of sp³-hybridized carbons (Fsp3) is 0.222. The summed E-state index contributed by atoms with van der Waals surface area (Å²) in [7, 11) is 1.62. The molecule has 0 aliphatic carbocycles. The van der Waals surface area contributed by atoms with Crippen molar-refractivity contribution in [2.75, 3.05) is 11.9 Å². The van der Waals surface area contributed by atoms with Gasteiger partial charge in [0.25, 0.3) is 17.4 Å². The zero-order chi connectivity index (χ0) is 18.8. The van der Waals surface area contributed by atoms with Gasteiger partial charge in [0.15, 0.2) is 0 Å². The van der Waals surface area contributed by atoms with Crippen molar-refractivity contribution in [1.82, 2.24) is 14.9 Å². The number of hydrogen-bond acceptors (Lipinski definition) is 5. The van der Waals surface area contributed by atoms with E-state index in [1.807, 2.05) is 6.92 Å². The van der Waals surface area contributed by atoms with Crippen LogP contribution in [-0.4, -0.2) is 27.9 Å². The average Bonchev–Trinajstić information content (AvgIpc) is 2.96. The van der Waals surface area contributed by atoms with Gasteiger partial charge in [-0.3, -0.25) is 14.4 Å². The zero-order valence-electron chi connectivity index (χ0n) is 14.6. The first-order valence-electron chi connectivity index (χ1n) is 8.06. The zero-order valence-corrected chi connectivity index (χ0v) is 15.4. The van der Waals surface area contributed by atoms with E-state index in [2.05, 4.69) is 15.6 Å². The van der Waals surface area contributed by atoms with E-state index in [4.69, 9.17) is 0 Å². The molecule has 3 rings (SSSR count). The third-order valence-corrected chi connectivity index (χ3v) is 5.14. The number of thiophene rings is 1. The summed E-state index contributed by atoms with van der Waals surface area (Å²) in [6.07, 6.45) is 1.44. The van der Waals surface area contributed by atoms with E-state index >= 15 is 0 Å². The summed E-state index contributed by atoms with van der Waals surface area (Å²) in [5, 5.41) is 5.96. The van der Waals surface area contributed by atoms with Gasteiger partial charge in [-0.25, -0.2) is 4.98 Å². The summed E-state index contributed by atoms with van der Waals surface area (Å²) < 4.78 is 1.39. The van der Waals surface area contributed by atoms with Crippen LogP contribution < -0.4 is 16.2 Å². The van der Waals surface area contributed by atoms with Gasteiger partial charge in [0, 0.05) is 24.8 Å². The lowest BCUT2D eigenvalue weighted by atomic mass is 10.1. The number of fused-ring (bicyclic) bond motifs is 1. The molecule has 0 unspecified atom stereocenters. The van der Waals surface area contributed by atoms with Gasteiger partial charge in [0.1, 0.15) is 4.83 Å². The molecule has 0 radical (unpaired) electrons.